The van der Waals surface area contributed by atoms with Gasteiger partial charge in [0.25, 0.3) is 0 Å². The minimum Gasteiger partial charge on any atom is -0.481 e. The third-order valence-corrected chi connectivity index (χ3v) is 5.58. The lowest BCUT2D eigenvalue weighted by molar-refractivity contribution is -0.142. The van der Waals surface area contributed by atoms with Crippen molar-refractivity contribution in [2.75, 3.05) is 0 Å². The molecule has 0 amide bonds. The van der Waals surface area contributed by atoms with Crippen LogP contribution in [0.25, 0.3) is 16.6 Å². The van der Waals surface area contributed by atoms with Crippen LogP contribution in [0.2, 0.25) is 0 Å². The lowest BCUT2D eigenvalue weighted by Crippen LogP contribution is -2.21. The largest absolute Gasteiger partial charge is 0.481 e. The highest BCUT2D eigenvalue weighted by Gasteiger charge is 2.35. The predicted octanol–water partition coefficient (Wildman–Crippen LogP) is 3.38. The Bertz CT molecular complexity index is 1100. The number of aromatic nitrogens is 4. The molecule has 2 atom stereocenters. The molecule has 27 heavy (non-hydrogen) atoms. The number of hydrogen-bond donors (Lipinski definition) is 1. The molecule has 1 saturated carbocycles. The highest BCUT2D eigenvalue weighted by molar-refractivity contribution is 5.84. The van der Waals surface area contributed by atoms with Crippen molar-refractivity contribution < 1.29 is 14.3 Å². The molecule has 6 nitrogen and oxygen atoms in total. The fourth-order valence-corrected chi connectivity index (χ4v) is 4.28. The number of halogens is 1. The van der Waals surface area contributed by atoms with Gasteiger partial charge in [-0.05, 0) is 25.0 Å². The van der Waals surface area contributed by atoms with Crippen LogP contribution in [-0.2, 0) is 11.2 Å². The van der Waals surface area contributed by atoms with E-state index in [1.54, 1.807) is 6.20 Å². The van der Waals surface area contributed by atoms with Gasteiger partial charge in [0.2, 0.25) is 0 Å². The van der Waals surface area contributed by atoms with Crippen LogP contribution in [0.5, 0.6) is 0 Å². The molecule has 1 fully saturated rings. The van der Waals surface area contributed by atoms with Gasteiger partial charge in [0.15, 0.2) is 5.82 Å². The molecule has 0 spiro atoms. The molecule has 3 heterocycles. The van der Waals surface area contributed by atoms with Crippen molar-refractivity contribution in [3.8, 4) is 0 Å². The van der Waals surface area contributed by atoms with E-state index < -0.39 is 11.9 Å². The Balaban J connectivity index is 1.59. The van der Waals surface area contributed by atoms with Crippen LogP contribution in [0.15, 0.2) is 36.8 Å². The van der Waals surface area contributed by atoms with Gasteiger partial charge < -0.3 is 9.67 Å². The summed E-state index contributed by atoms with van der Waals surface area (Å²) in [6.07, 6.45) is 9.83. The zero-order valence-corrected chi connectivity index (χ0v) is 14.5. The molecule has 3 aromatic rings. The van der Waals surface area contributed by atoms with Gasteiger partial charge in [-0.2, -0.15) is 0 Å². The predicted molar refractivity (Wildman–Crippen MR) is 96.5 cm³/mol. The van der Waals surface area contributed by atoms with Crippen molar-refractivity contribution in [1.82, 2.24) is 19.5 Å². The molecule has 0 unspecified atom stereocenters. The molecule has 0 saturated heterocycles. The van der Waals surface area contributed by atoms with Crippen LogP contribution in [0.1, 0.15) is 42.4 Å². The van der Waals surface area contributed by atoms with Crippen LogP contribution in [-0.4, -0.2) is 30.6 Å². The molecule has 0 aromatic carbocycles. The Morgan fingerprint density at radius 3 is 3.00 bits per heavy atom. The third-order valence-electron chi connectivity index (χ3n) is 5.58. The van der Waals surface area contributed by atoms with Gasteiger partial charge in [-0.1, -0.05) is 12.5 Å². The van der Waals surface area contributed by atoms with E-state index in [0.29, 0.717) is 18.7 Å². The number of rotatable bonds is 3. The van der Waals surface area contributed by atoms with Crippen molar-refractivity contribution in [3.63, 3.8) is 0 Å². The number of carboxylic acid groups (broad SMARTS) is 1. The summed E-state index contributed by atoms with van der Waals surface area (Å²) < 4.78 is 15.6. The first kappa shape index (κ1) is 16.1. The Hall–Kier alpha value is -3.09. The van der Waals surface area contributed by atoms with Crippen molar-refractivity contribution in [3.05, 3.63) is 59.7 Å². The molecule has 0 aliphatic heterocycles. The standard InChI is InChI=1S/C20H17FN4O2/c21-12-8-15-13(4-5-16(15)22-10-12)18-23-9-11-6-7-25(19(11)24-18)17-3-1-2-14(17)20(26)27/h4,6-10,14,17H,1-3,5H2,(H,26,27)/t14-,17-/m0/s1. The van der Waals surface area contributed by atoms with Gasteiger partial charge in [-0.3, -0.25) is 9.78 Å². The number of carbonyl (C=O) groups is 1. The van der Waals surface area contributed by atoms with Gasteiger partial charge in [-0.15, -0.1) is 0 Å². The number of hydrogen-bond acceptors (Lipinski definition) is 4. The zero-order valence-electron chi connectivity index (χ0n) is 14.5. The first-order valence-corrected chi connectivity index (χ1v) is 9.03. The maximum Gasteiger partial charge on any atom is 0.308 e. The van der Waals surface area contributed by atoms with Crippen LogP contribution in [0.3, 0.4) is 0 Å². The van der Waals surface area contributed by atoms with Crippen LogP contribution < -0.4 is 0 Å². The van der Waals surface area contributed by atoms with Gasteiger partial charge in [0, 0.05) is 41.4 Å². The summed E-state index contributed by atoms with van der Waals surface area (Å²) in [4.78, 5) is 24.9. The SMILES string of the molecule is O=C(O)[C@H]1CCC[C@@H]1n1ccc2cnc(C3=CCc4ncc(F)cc43)nc21. The quantitative estimate of drug-likeness (QED) is 0.771. The third kappa shape index (κ3) is 2.53. The average Bonchev–Trinajstić information content (AvgIpc) is 3.37. The Morgan fingerprint density at radius 2 is 2.15 bits per heavy atom. The van der Waals surface area contributed by atoms with Gasteiger partial charge in [-0.25, -0.2) is 14.4 Å². The first-order chi connectivity index (χ1) is 13.1. The second-order valence-electron chi connectivity index (χ2n) is 7.11. The number of aliphatic carboxylic acids is 1. The first-order valence-electron chi connectivity index (χ1n) is 9.03. The highest BCUT2D eigenvalue weighted by Crippen LogP contribution is 2.38. The van der Waals surface area contributed by atoms with E-state index in [1.807, 2.05) is 22.9 Å². The molecule has 3 aromatic heterocycles. The second-order valence-corrected chi connectivity index (χ2v) is 7.11. The van der Waals surface area contributed by atoms with E-state index in [-0.39, 0.29) is 11.9 Å². The lowest BCUT2D eigenvalue weighted by Gasteiger charge is -2.18. The van der Waals surface area contributed by atoms with Crippen molar-refractivity contribution >= 4 is 22.6 Å². The number of carboxylic acids is 1. The van der Waals surface area contributed by atoms with Crippen LogP contribution >= 0.6 is 0 Å². The molecule has 1 N–H and O–H groups in total. The number of allylic oxidation sites excluding steroid dienone is 1. The Kier molecular flexibility index (Phi) is 3.56. The summed E-state index contributed by atoms with van der Waals surface area (Å²) in [6, 6.07) is 3.27. The summed E-state index contributed by atoms with van der Waals surface area (Å²) in [6.45, 7) is 0. The van der Waals surface area contributed by atoms with E-state index in [4.69, 9.17) is 4.98 Å². The molecule has 0 bridgehead atoms. The normalized spacial score (nSPS) is 21.4. The molecule has 5 rings (SSSR count). The molecule has 136 valence electrons. The average molecular weight is 364 g/mol. The van der Waals surface area contributed by atoms with E-state index in [9.17, 15) is 14.3 Å². The summed E-state index contributed by atoms with van der Waals surface area (Å²) in [7, 11) is 0. The highest BCUT2D eigenvalue weighted by atomic mass is 19.1. The van der Waals surface area contributed by atoms with Gasteiger partial charge in [0.05, 0.1) is 17.8 Å². The minimum absolute atomic E-state index is 0.105. The topological polar surface area (TPSA) is 80.9 Å². The summed E-state index contributed by atoms with van der Waals surface area (Å²) in [5.41, 5.74) is 3.02. The van der Waals surface area contributed by atoms with Gasteiger partial charge in [0.1, 0.15) is 11.5 Å². The Labute approximate surface area is 154 Å². The lowest BCUT2D eigenvalue weighted by atomic mass is 10.0. The van der Waals surface area contributed by atoms with E-state index >= 15 is 0 Å². The van der Waals surface area contributed by atoms with Crippen LogP contribution in [0, 0.1) is 11.7 Å². The van der Waals surface area contributed by atoms with Crippen molar-refractivity contribution in [2.24, 2.45) is 5.92 Å². The second kappa shape index (κ2) is 5.97. The minimum atomic E-state index is -0.761. The molecule has 7 heteroatoms. The fraction of sp³-hybridized carbons (Fsp3) is 0.300. The van der Waals surface area contributed by atoms with E-state index in [0.717, 1.165) is 40.7 Å². The maximum absolute atomic E-state index is 13.7. The fourth-order valence-electron chi connectivity index (χ4n) is 4.28. The monoisotopic (exact) mass is 364 g/mol. The summed E-state index contributed by atoms with van der Waals surface area (Å²) in [5, 5.41) is 10.4. The number of pyridine rings is 1. The van der Waals surface area contributed by atoms with E-state index in [1.165, 1.54) is 12.3 Å². The molecular weight excluding hydrogens is 347 g/mol. The number of fused-ring (bicyclic) bond motifs is 2. The smallest absolute Gasteiger partial charge is 0.308 e. The zero-order chi connectivity index (χ0) is 18.5. The van der Waals surface area contributed by atoms with Gasteiger partial charge >= 0.3 is 5.97 Å². The summed E-state index contributed by atoms with van der Waals surface area (Å²) >= 11 is 0. The molecule has 0 radical (unpaired) electrons. The molecule has 2 aliphatic rings. The van der Waals surface area contributed by atoms with Crippen molar-refractivity contribution in [1.29, 1.82) is 0 Å². The Morgan fingerprint density at radius 1 is 1.26 bits per heavy atom. The van der Waals surface area contributed by atoms with Crippen molar-refractivity contribution in [2.45, 2.75) is 31.7 Å². The maximum atomic E-state index is 13.7. The number of nitrogens with zero attached hydrogens (tertiary/aromatic N) is 4. The molecular formula is C20H17FN4O2. The van der Waals surface area contributed by atoms with Crippen LogP contribution in [0.4, 0.5) is 4.39 Å². The summed E-state index contributed by atoms with van der Waals surface area (Å²) in [5.74, 6) is -1.04. The molecule has 2 aliphatic carbocycles. The van der Waals surface area contributed by atoms with E-state index in [2.05, 4.69) is 9.97 Å².